The van der Waals surface area contributed by atoms with Crippen LogP contribution in [-0.4, -0.2) is 78.4 Å². The standard InChI is InChI=1S/C42H63NO7/c1-28-22-24-49-42(47)36-19-15-16-23-43(36)41(46)34(7)40-31(4)20-21-35(50-40)26-39(48-8)30(3)18-14-12-10-9-11-13-17-29(2)37(44)27-38(45)33(6)25-32(28)5/h9-10,12,14,18,25,29,31-32,35-36,38-40,45H,1,7,11,13,15-17,19-24,26-27H2,2-6,8H3/b10-9+,14-12+,30-18+,33-25+. The van der Waals surface area contributed by atoms with E-state index >= 15 is 0 Å². The average molecular weight is 694 g/mol. The molecule has 3 heterocycles. The molecule has 8 atom stereocenters. The third-order valence-electron chi connectivity index (χ3n) is 10.7. The van der Waals surface area contributed by atoms with E-state index in [9.17, 15) is 19.5 Å². The molecule has 0 aromatic carbocycles. The number of allylic oxidation sites excluding steroid dienone is 6. The van der Waals surface area contributed by atoms with Crippen molar-refractivity contribution in [2.75, 3.05) is 20.3 Å². The zero-order valence-electron chi connectivity index (χ0n) is 31.5. The number of amides is 1. The lowest BCUT2D eigenvalue weighted by Gasteiger charge is -2.40. The van der Waals surface area contributed by atoms with Crippen molar-refractivity contribution in [1.82, 2.24) is 4.90 Å². The molecule has 8 nitrogen and oxygen atoms in total. The highest BCUT2D eigenvalue weighted by Gasteiger charge is 2.39. The van der Waals surface area contributed by atoms with Crippen LogP contribution in [0.4, 0.5) is 0 Å². The lowest BCUT2D eigenvalue weighted by Crippen LogP contribution is -2.51. The van der Waals surface area contributed by atoms with Gasteiger partial charge in [0.1, 0.15) is 11.8 Å². The summed E-state index contributed by atoms with van der Waals surface area (Å²) in [6, 6.07) is -0.667. The quantitative estimate of drug-likeness (QED) is 0.170. The Balaban J connectivity index is 1.79. The molecular weight excluding hydrogens is 630 g/mol. The van der Waals surface area contributed by atoms with Crippen LogP contribution in [0.2, 0.25) is 0 Å². The summed E-state index contributed by atoms with van der Waals surface area (Å²) in [5, 5.41) is 10.8. The molecule has 1 amide bonds. The molecule has 2 bridgehead atoms. The molecule has 0 aliphatic carbocycles. The minimum Gasteiger partial charge on any atom is -0.464 e. The molecule has 3 aliphatic rings. The fraction of sp³-hybridized carbons (Fsp3) is 0.643. The van der Waals surface area contributed by atoms with Gasteiger partial charge in [0.25, 0.3) is 5.91 Å². The Morgan fingerprint density at radius 1 is 0.940 bits per heavy atom. The van der Waals surface area contributed by atoms with Crippen LogP contribution in [0.15, 0.2) is 71.9 Å². The monoisotopic (exact) mass is 693 g/mol. The highest BCUT2D eigenvalue weighted by molar-refractivity contribution is 5.96. The van der Waals surface area contributed by atoms with Crippen molar-refractivity contribution in [1.29, 1.82) is 0 Å². The van der Waals surface area contributed by atoms with E-state index in [0.717, 1.165) is 61.7 Å². The first-order chi connectivity index (χ1) is 23.8. The number of rotatable bonds is 1. The second-order valence-electron chi connectivity index (χ2n) is 14.7. The number of aliphatic hydroxyl groups excluding tert-OH is 1. The number of nitrogens with zero attached hydrogens (tertiary/aromatic N) is 1. The lowest BCUT2D eigenvalue weighted by atomic mass is 9.86. The van der Waals surface area contributed by atoms with Crippen LogP contribution < -0.4 is 0 Å². The van der Waals surface area contributed by atoms with E-state index in [1.807, 2.05) is 45.1 Å². The molecule has 0 spiro atoms. The number of esters is 1. The van der Waals surface area contributed by atoms with E-state index in [2.05, 4.69) is 39.2 Å². The van der Waals surface area contributed by atoms with E-state index in [1.165, 1.54) is 0 Å². The van der Waals surface area contributed by atoms with Gasteiger partial charge in [-0.25, -0.2) is 4.79 Å². The Labute approximate surface area is 301 Å². The van der Waals surface area contributed by atoms with Crippen molar-refractivity contribution in [3.8, 4) is 0 Å². The molecule has 3 aliphatic heterocycles. The molecule has 0 saturated carbocycles. The van der Waals surface area contributed by atoms with Crippen molar-refractivity contribution in [2.24, 2.45) is 17.8 Å². The molecule has 278 valence electrons. The van der Waals surface area contributed by atoms with Gasteiger partial charge < -0.3 is 24.2 Å². The van der Waals surface area contributed by atoms with E-state index < -0.39 is 24.2 Å². The number of carbonyl (C=O) groups is 3. The minimum atomic E-state index is -0.852. The maximum atomic E-state index is 13.9. The van der Waals surface area contributed by atoms with Crippen LogP contribution >= 0.6 is 0 Å². The van der Waals surface area contributed by atoms with Crippen LogP contribution in [0.1, 0.15) is 105 Å². The molecule has 0 aromatic heterocycles. The van der Waals surface area contributed by atoms with E-state index in [-0.39, 0.29) is 54.7 Å². The van der Waals surface area contributed by atoms with Crippen molar-refractivity contribution in [3.63, 3.8) is 0 Å². The summed E-state index contributed by atoms with van der Waals surface area (Å²) in [4.78, 5) is 41.7. The maximum Gasteiger partial charge on any atom is 0.328 e. The summed E-state index contributed by atoms with van der Waals surface area (Å²) in [5.74, 6) is -0.677. The highest BCUT2D eigenvalue weighted by atomic mass is 16.5. The number of ether oxygens (including phenoxy) is 3. The van der Waals surface area contributed by atoms with Gasteiger partial charge >= 0.3 is 5.97 Å². The summed E-state index contributed by atoms with van der Waals surface area (Å²) in [7, 11) is 1.71. The van der Waals surface area contributed by atoms with Crippen molar-refractivity contribution >= 4 is 17.7 Å². The van der Waals surface area contributed by atoms with Crippen LogP contribution in [0.25, 0.3) is 0 Å². The predicted octanol–water partition coefficient (Wildman–Crippen LogP) is 7.78. The Morgan fingerprint density at radius 2 is 1.70 bits per heavy atom. The SMILES string of the molecule is C=C1CCOC(=O)C2CCCCN2C(=O)C(=C)C2OC(CCC2C)CC(OC)/C(C)=C/C=C/C=C/CCCC(C)C(=O)CC(O)/C(C)=C/C1C. The Bertz CT molecular complexity index is 1310. The first kappa shape index (κ1) is 41.4. The summed E-state index contributed by atoms with van der Waals surface area (Å²) < 4.78 is 18.2. The van der Waals surface area contributed by atoms with E-state index in [1.54, 1.807) is 12.0 Å². The second kappa shape index (κ2) is 20.7. The maximum absolute atomic E-state index is 13.9. The number of Topliss-reactive ketones (excluding diaryl/α,β-unsaturated/α-hetero) is 1. The number of carbonyl (C=O) groups excluding carboxylic acids is 3. The second-order valence-corrected chi connectivity index (χ2v) is 14.7. The Hall–Kier alpha value is -3.07. The van der Waals surface area contributed by atoms with Crippen LogP contribution in [0, 0.1) is 17.8 Å². The molecule has 1 N–H and O–H groups in total. The fourth-order valence-electron chi connectivity index (χ4n) is 7.08. The zero-order valence-corrected chi connectivity index (χ0v) is 31.5. The van der Waals surface area contributed by atoms with Crippen LogP contribution in [0.5, 0.6) is 0 Å². The van der Waals surface area contributed by atoms with Gasteiger partial charge in [0.2, 0.25) is 0 Å². The molecule has 8 unspecified atom stereocenters. The van der Waals surface area contributed by atoms with Gasteiger partial charge in [0.15, 0.2) is 0 Å². The number of aliphatic hydroxyl groups is 1. The largest absolute Gasteiger partial charge is 0.464 e. The van der Waals surface area contributed by atoms with E-state index in [4.69, 9.17) is 14.2 Å². The van der Waals surface area contributed by atoms with Crippen LogP contribution in [-0.2, 0) is 28.6 Å². The van der Waals surface area contributed by atoms with Gasteiger partial charge in [0, 0.05) is 44.4 Å². The van der Waals surface area contributed by atoms with Crippen molar-refractivity contribution in [3.05, 3.63) is 71.9 Å². The average Bonchev–Trinajstić information content (AvgIpc) is 3.10. The molecular formula is C42H63NO7. The summed E-state index contributed by atoms with van der Waals surface area (Å²) in [6.07, 6.45) is 18.3. The molecule has 2 fully saturated rings. The normalized spacial score (nSPS) is 36.2. The third kappa shape index (κ3) is 12.3. The third-order valence-corrected chi connectivity index (χ3v) is 10.7. The number of ketones is 1. The van der Waals surface area contributed by atoms with Crippen LogP contribution in [0.3, 0.4) is 0 Å². The Kier molecular flexibility index (Phi) is 17.1. The van der Waals surface area contributed by atoms with Crippen molar-refractivity contribution in [2.45, 2.75) is 136 Å². The van der Waals surface area contributed by atoms with Gasteiger partial charge in [-0.2, -0.15) is 0 Å². The first-order valence-corrected chi connectivity index (χ1v) is 18.7. The lowest BCUT2D eigenvalue weighted by molar-refractivity contribution is -0.156. The first-order valence-electron chi connectivity index (χ1n) is 18.7. The topological polar surface area (TPSA) is 102 Å². The molecule has 2 saturated heterocycles. The number of piperidine rings is 1. The Morgan fingerprint density at radius 3 is 2.44 bits per heavy atom. The highest BCUT2D eigenvalue weighted by Crippen LogP contribution is 2.33. The molecule has 8 heteroatoms. The van der Waals surface area contributed by atoms with Gasteiger partial charge in [-0.15, -0.1) is 0 Å². The molecule has 50 heavy (non-hydrogen) atoms. The number of methoxy groups -OCH3 is 1. The smallest absolute Gasteiger partial charge is 0.328 e. The predicted molar refractivity (Wildman–Crippen MR) is 199 cm³/mol. The fourth-order valence-corrected chi connectivity index (χ4v) is 7.08. The number of fused-ring (bicyclic) bond motifs is 3. The van der Waals surface area contributed by atoms with Gasteiger partial charge in [-0.1, -0.05) is 76.0 Å². The zero-order chi connectivity index (χ0) is 36.8. The van der Waals surface area contributed by atoms with Gasteiger partial charge in [0.05, 0.1) is 31.0 Å². The summed E-state index contributed by atoms with van der Waals surface area (Å²) in [6.45, 7) is 18.9. The molecule has 0 aromatic rings. The summed E-state index contributed by atoms with van der Waals surface area (Å²) >= 11 is 0. The van der Waals surface area contributed by atoms with Gasteiger partial charge in [-0.3, -0.25) is 9.59 Å². The van der Waals surface area contributed by atoms with Crippen molar-refractivity contribution < 1.29 is 33.7 Å². The number of cyclic esters (lactones) is 1. The number of hydrogen-bond acceptors (Lipinski definition) is 7. The van der Waals surface area contributed by atoms with E-state index in [0.29, 0.717) is 31.4 Å². The molecule has 0 radical (unpaired) electrons. The number of hydrogen-bond donors (Lipinski definition) is 1. The molecule has 3 rings (SSSR count). The van der Waals surface area contributed by atoms with Gasteiger partial charge in [-0.05, 0) is 88.2 Å². The minimum absolute atomic E-state index is 0.0583. The summed E-state index contributed by atoms with van der Waals surface area (Å²) in [5.41, 5.74) is 3.06.